The third kappa shape index (κ3) is 1.96. The first-order valence-corrected chi connectivity index (χ1v) is 3.92. The standard InChI is InChI=1S/C9H13N3O/c1-6-4-7(5-11-2)8(10)12-9(6)13-3/h4-5H,1-3H3,(H2,10,12). The molecular formula is C9H13N3O. The molecule has 0 unspecified atom stereocenters. The Bertz CT molecular complexity index is 334. The summed E-state index contributed by atoms with van der Waals surface area (Å²) in [5.74, 6) is 0.999. The van der Waals surface area contributed by atoms with Crippen molar-refractivity contribution in [2.45, 2.75) is 6.92 Å². The number of nitrogen functional groups attached to an aromatic ring is 1. The highest BCUT2D eigenvalue weighted by Crippen LogP contribution is 2.18. The minimum Gasteiger partial charge on any atom is -0.481 e. The van der Waals surface area contributed by atoms with Crippen molar-refractivity contribution < 1.29 is 4.74 Å². The minimum absolute atomic E-state index is 0.438. The number of anilines is 1. The van der Waals surface area contributed by atoms with Crippen molar-refractivity contribution in [2.75, 3.05) is 19.9 Å². The van der Waals surface area contributed by atoms with Crippen molar-refractivity contribution in [1.82, 2.24) is 4.98 Å². The predicted molar refractivity (Wildman–Crippen MR) is 53.5 cm³/mol. The van der Waals surface area contributed by atoms with Crippen LogP contribution < -0.4 is 10.5 Å². The van der Waals surface area contributed by atoms with Crippen LogP contribution >= 0.6 is 0 Å². The second-order valence-corrected chi connectivity index (χ2v) is 2.68. The molecule has 13 heavy (non-hydrogen) atoms. The molecule has 0 aliphatic heterocycles. The first-order valence-electron chi connectivity index (χ1n) is 3.92. The Labute approximate surface area is 77.5 Å². The fourth-order valence-electron chi connectivity index (χ4n) is 1.08. The number of rotatable bonds is 2. The van der Waals surface area contributed by atoms with E-state index >= 15 is 0 Å². The highest BCUT2D eigenvalue weighted by Gasteiger charge is 2.04. The first-order chi connectivity index (χ1) is 6.19. The van der Waals surface area contributed by atoms with Gasteiger partial charge in [0.2, 0.25) is 5.88 Å². The summed E-state index contributed by atoms with van der Waals surface area (Å²) in [6.45, 7) is 1.91. The Morgan fingerprint density at radius 1 is 1.62 bits per heavy atom. The fourth-order valence-corrected chi connectivity index (χ4v) is 1.08. The summed E-state index contributed by atoms with van der Waals surface area (Å²) in [5, 5.41) is 0. The van der Waals surface area contributed by atoms with E-state index in [1.54, 1.807) is 20.4 Å². The quantitative estimate of drug-likeness (QED) is 0.690. The van der Waals surface area contributed by atoms with E-state index in [1.165, 1.54) is 0 Å². The molecule has 0 amide bonds. The third-order valence-electron chi connectivity index (χ3n) is 1.69. The monoisotopic (exact) mass is 179 g/mol. The largest absolute Gasteiger partial charge is 0.481 e. The third-order valence-corrected chi connectivity index (χ3v) is 1.69. The van der Waals surface area contributed by atoms with Gasteiger partial charge in [0.15, 0.2) is 0 Å². The molecule has 1 heterocycles. The number of ether oxygens (including phenoxy) is 1. The Morgan fingerprint density at radius 3 is 2.85 bits per heavy atom. The van der Waals surface area contributed by atoms with Crippen LogP contribution in [0.3, 0.4) is 0 Å². The van der Waals surface area contributed by atoms with Gasteiger partial charge >= 0.3 is 0 Å². The maximum absolute atomic E-state index is 5.67. The summed E-state index contributed by atoms with van der Waals surface area (Å²) in [6.07, 6.45) is 1.68. The molecule has 0 saturated carbocycles. The van der Waals surface area contributed by atoms with Crippen molar-refractivity contribution in [3.63, 3.8) is 0 Å². The molecule has 2 N–H and O–H groups in total. The van der Waals surface area contributed by atoms with Crippen LogP contribution in [0.15, 0.2) is 11.1 Å². The molecular weight excluding hydrogens is 166 g/mol. The summed E-state index contributed by atoms with van der Waals surface area (Å²) in [7, 11) is 3.27. The number of aryl methyl sites for hydroxylation is 1. The van der Waals surface area contributed by atoms with Crippen molar-refractivity contribution >= 4 is 12.0 Å². The number of nitrogens with two attached hydrogens (primary N) is 1. The molecule has 0 aliphatic rings. The van der Waals surface area contributed by atoms with Gasteiger partial charge in [0.1, 0.15) is 5.82 Å². The van der Waals surface area contributed by atoms with Crippen LogP contribution in [0.4, 0.5) is 5.82 Å². The molecule has 0 aromatic carbocycles. The number of aromatic nitrogens is 1. The molecule has 1 rings (SSSR count). The average Bonchev–Trinajstić information content (AvgIpc) is 2.11. The van der Waals surface area contributed by atoms with Crippen LogP contribution in [0.25, 0.3) is 0 Å². The second kappa shape index (κ2) is 3.89. The second-order valence-electron chi connectivity index (χ2n) is 2.68. The number of hydrogen-bond donors (Lipinski definition) is 1. The minimum atomic E-state index is 0.438. The van der Waals surface area contributed by atoms with Crippen LogP contribution in [-0.2, 0) is 0 Å². The molecule has 4 nitrogen and oxygen atoms in total. The first kappa shape index (κ1) is 9.51. The Kier molecular flexibility index (Phi) is 2.84. The molecule has 0 saturated heterocycles. The van der Waals surface area contributed by atoms with Gasteiger partial charge in [0.05, 0.1) is 7.11 Å². The molecule has 70 valence electrons. The van der Waals surface area contributed by atoms with Crippen molar-refractivity contribution in [3.05, 3.63) is 17.2 Å². The molecule has 4 heteroatoms. The molecule has 0 bridgehead atoms. The smallest absolute Gasteiger partial charge is 0.217 e. The van der Waals surface area contributed by atoms with E-state index in [0.717, 1.165) is 11.1 Å². The molecule has 0 aliphatic carbocycles. The Morgan fingerprint density at radius 2 is 2.31 bits per heavy atom. The highest BCUT2D eigenvalue weighted by molar-refractivity contribution is 5.85. The normalized spacial score (nSPS) is 10.7. The van der Waals surface area contributed by atoms with Gasteiger partial charge in [-0.2, -0.15) is 4.98 Å². The van der Waals surface area contributed by atoms with Gasteiger partial charge in [-0.1, -0.05) is 0 Å². The molecule has 0 fully saturated rings. The molecule has 1 aromatic rings. The summed E-state index contributed by atoms with van der Waals surface area (Å²) in [4.78, 5) is 7.95. The summed E-state index contributed by atoms with van der Waals surface area (Å²) < 4.78 is 5.02. The number of hydrogen-bond acceptors (Lipinski definition) is 4. The average molecular weight is 179 g/mol. The van der Waals surface area contributed by atoms with Crippen LogP contribution in [0.5, 0.6) is 5.88 Å². The van der Waals surface area contributed by atoms with Crippen molar-refractivity contribution in [1.29, 1.82) is 0 Å². The van der Waals surface area contributed by atoms with Gasteiger partial charge in [0, 0.05) is 24.4 Å². The van der Waals surface area contributed by atoms with E-state index in [1.807, 2.05) is 13.0 Å². The Hall–Kier alpha value is -1.58. The van der Waals surface area contributed by atoms with Gasteiger partial charge in [-0.25, -0.2) is 0 Å². The summed E-state index contributed by atoms with van der Waals surface area (Å²) >= 11 is 0. The lowest BCUT2D eigenvalue weighted by Gasteiger charge is -2.06. The van der Waals surface area contributed by atoms with Crippen LogP contribution in [0.2, 0.25) is 0 Å². The van der Waals surface area contributed by atoms with Gasteiger partial charge < -0.3 is 10.5 Å². The topological polar surface area (TPSA) is 60.5 Å². The van der Waals surface area contributed by atoms with Gasteiger partial charge in [-0.3, -0.25) is 4.99 Å². The molecule has 0 radical (unpaired) electrons. The lowest BCUT2D eigenvalue weighted by atomic mass is 10.2. The zero-order valence-corrected chi connectivity index (χ0v) is 8.03. The Balaban J connectivity index is 3.20. The maximum Gasteiger partial charge on any atom is 0.217 e. The van der Waals surface area contributed by atoms with E-state index in [4.69, 9.17) is 10.5 Å². The van der Waals surface area contributed by atoms with E-state index in [9.17, 15) is 0 Å². The number of methoxy groups -OCH3 is 1. The van der Waals surface area contributed by atoms with Gasteiger partial charge in [0.25, 0.3) is 0 Å². The number of pyridine rings is 1. The van der Waals surface area contributed by atoms with Crippen molar-refractivity contribution in [2.24, 2.45) is 4.99 Å². The van der Waals surface area contributed by atoms with E-state index < -0.39 is 0 Å². The van der Waals surface area contributed by atoms with E-state index in [2.05, 4.69) is 9.98 Å². The van der Waals surface area contributed by atoms with Crippen LogP contribution in [0, 0.1) is 6.92 Å². The highest BCUT2D eigenvalue weighted by atomic mass is 16.5. The van der Waals surface area contributed by atoms with Crippen LogP contribution in [-0.4, -0.2) is 25.4 Å². The molecule has 1 aromatic heterocycles. The zero-order valence-electron chi connectivity index (χ0n) is 8.03. The van der Waals surface area contributed by atoms with Crippen molar-refractivity contribution in [3.8, 4) is 5.88 Å². The zero-order chi connectivity index (χ0) is 9.84. The van der Waals surface area contributed by atoms with E-state index in [-0.39, 0.29) is 0 Å². The lowest BCUT2D eigenvalue weighted by molar-refractivity contribution is 0.395. The molecule has 0 spiro atoms. The number of nitrogens with zero attached hydrogens (tertiary/aromatic N) is 2. The maximum atomic E-state index is 5.67. The fraction of sp³-hybridized carbons (Fsp3) is 0.333. The molecule has 0 atom stereocenters. The SMILES string of the molecule is CN=Cc1cc(C)c(OC)nc1N. The summed E-state index contributed by atoms with van der Waals surface area (Å²) in [5.41, 5.74) is 7.44. The van der Waals surface area contributed by atoms with Crippen LogP contribution in [0.1, 0.15) is 11.1 Å². The predicted octanol–water partition coefficient (Wildman–Crippen LogP) is 1.03. The van der Waals surface area contributed by atoms with E-state index in [0.29, 0.717) is 11.7 Å². The lowest BCUT2D eigenvalue weighted by Crippen LogP contribution is -2.01. The van der Waals surface area contributed by atoms with Gasteiger partial charge in [-0.15, -0.1) is 0 Å². The van der Waals surface area contributed by atoms with Gasteiger partial charge in [-0.05, 0) is 13.0 Å². The number of aliphatic imine (C=N–C) groups is 1. The summed E-state index contributed by atoms with van der Waals surface area (Å²) in [6, 6.07) is 1.90.